The third-order valence-electron chi connectivity index (χ3n) is 3.05. The van der Waals surface area contributed by atoms with Gasteiger partial charge in [-0.1, -0.05) is 31.2 Å². The summed E-state index contributed by atoms with van der Waals surface area (Å²) >= 11 is 0. The molecule has 2 aromatic rings. The first-order chi connectivity index (χ1) is 10.1. The molecule has 1 atom stereocenters. The van der Waals surface area contributed by atoms with Crippen LogP contribution in [0.2, 0.25) is 0 Å². The van der Waals surface area contributed by atoms with Crippen LogP contribution in [0.25, 0.3) is 0 Å². The zero-order chi connectivity index (χ0) is 15.2. The molecule has 0 amide bonds. The van der Waals surface area contributed by atoms with Gasteiger partial charge in [0, 0.05) is 5.56 Å². The van der Waals surface area contributed by atoms with Crippen LogP contribution in [-0.4, -0.2) is 13.2 Å². The Bertz CT molecular complexity index is 604. The Morgan fingerprint density at radius 1 is 1.00 bits per heavy atom. The summed E-state index contributed by atoms with van der Waals surface area (Å²) in [5.74, 6) is -2.57. The highest BCUT2D eigenvalue weighted by Gasteiger charge is 2.17. The third kappa shape index (κ3) is 3.76. The standard InChI is InChI=1S/C16H16F3NO/c1-2-20-14(11-6-3-4-7-12(11)17)10-21-15-9-5-8-13(18)16(15)19/h3-9,14,20H,2,10H2,1H3. The number of benzene rings is 2. The van der Waals surface area contributed by atoms with Crippen molar-refractivity contribution < 1.29 is 17.9 Å². The predicted octanol–water partition coefficient (Wildman–Crippen LogP) is 3.83. The van der Waals surface area contributed by atoms with Crippen molar-refractivity contribution in [2.24, 2.45) is 0 Å². The largest absolute Gasteiger partial charge is 0.488 e. The van der Waals surface area contributed by atoms with Crippen molar-refractivity contribution in [2.45, 2.75) is 13.0 Å². The summed E-state index contributed by atoms with van der Waals surface area (Å²) in [7, 11) is 0. The van der Waals surface area contributed by atoms with Gasteiger partial charge < -0.3 is 10.1 Å². The van der Waals surface area contributed by atoms with Gasteiger partial charge in [-0.2, -0.15) is 4.39 Å². The molecule has 0 heterocycles. The van der Waals surface area contributed by atoms with Crippen molar-refractivity contribution in [1.82, 2.24) is 5.32 Å². The van der Waals surface area contributed by atoms with Gasteiger partial charge in [0.25, 0.3) is 0 Å². The van der Waals surface area contributed by atoms with Crippen LogP contribution >= 0.6 is 0 Å². The first-order valence-corrected chi connectivity index (χ1v) is 6.68. The molecule has 0 radical (unpaired) electrons. The summed E-state index contributed by atoms with van der Waals surface area (Å²) in [6.45, 7) is 2.46. The second-order valence-electron chi connectivity index (χ2n) is 4.49. The SMILES string of the molecule is CCNC(COc1cccc(F)c1F)c1ccccc1F. The Morgan fingerprint density at radius 3 is 2.43 bits per heavy atom. The normalized spacial score (nSPS) is 12.2. The van der Waals surface area contributed by atoms with E-state index in [1.54, 1.807) is 18.2 Å². The molecule has 112 valence electrons. The Kier molecular flexibility index (Phi) is 5.22. The minimum Gasteiger partial charge on any atom is -0.488 e. The first kappa shape index (κ1) is 15.4. The lowest BCUT2D eigenvalue weighted by molar-refractivity contribution is 0.251. The van der Waals surface area contributed by atoms with E-state index in [-0.39, 0.29) is 18.2 Å². The summed E-state index contributed by atoms with van der Waals surface area (Å²) in [4.78, 5) is 0. The molecule has 1 N–H and O–H groups in total. The highest BCUT2D eigenvalue weighted by atomic mass is 19.2. The molecular formula is C16H16F3NO. The van der Waals surface area contributed by atoms with Crippen LogP contribution in [0.1, 0.15) is 18.5 Å². The highest BCUT2D eigenvalue weighted by molar-refractivity contribution is 5.26. The number of hydrogen-bond acceptors (Lipinski definition) is 2. The maximum absolute atomic E-state index is 13.8. The fourth-order valence-electron chi connectivity index (χ4n) is 2.03. The lowest BCUT2D eigenvalue weighted by Gasteiger charge is -2.19. The van der Waals surface area contributed by atoms with E-state index >= 15 is 0 Å². The molecule has 0 bridgehead atoms. The monoisotopic (exact) mass is 295 g/mol. The fourth-order valence-corrected chi connectivity index (χ4v) is 2.03. The van der Waals surface area contributed by atoms with Crippen molar-refractivity contribution in [3.8, 4) is 5.75 Å². The van der Waals surface area contributed by atoms with Crippen molar-refractivity contribution >= 4 is 0 Å². The molecule has 0 aliphatic carbocycles. The zero-order valence-corrected chi connectivity index (χ0v) is 11.6. The number of halogens is 3. The summed E-state index contributed by atoms with van der Waals surface area (Å²) < 4.78 is 45.7. The molecule has 5 heteroatoms. The summed E-state index contributed by atoms with van der Waals surface area (Å²) in [6, 6.07) is 9.55. The first-order valence-electron chi connectivity index (χ1n) is 6.68. The van der Waals surface area contributed by atoms with Crippen LogP contribution in [0.15, 0.2) is 42.5 Å². The summed E-state index contributed by atoms with van der Waals surface area (Å²) in [6.07, 6.45) is 0. The Balaban J connectivity index is 2.14. The lowest BCUT2D eigenvalue weighted by atomic mass is 10.1. The predicted molar refractivity (Wildman–Crippen MR) is 74.7 cm³/mol. The van der Waals surface area contributed by atoms with Crippen molar-refractivity contribution in [1.29, 1.82) is 0 Å². The van der Waals surface area contributed by atoms with Gasteiger partial charge in [-0.15, -0.1) is 0 Å². The quantitative estimate of drug-likeness (QED) is 0.874. The average molecular weight is 295 g/mol. The molecule has 2 rings (SSSR count). The van der Waals surface area contributed by atoms with Crippen LogP contribution in [0.4, 0.5) is 13.2 Å². The van der Waals surface area contributed by atoms with Gasteiger partial charge in [0.1, 0.15) is 12.4 Å². The zero-order valence-electron chi connectivity index (χ0n) is 11.6. The van der Waals surface area contributed by atoms with Gasteiger partial charge in [-0.3, -0.25) is 0 Å². The molecule has 1 unspecified atom stereocenters. The van der Waals surface area contributed by atoms with Gasteiger partial charge in [-0.25, -0.2) is 8.78 Å². The highest BCUT2D eigenvalue weighted by Crippen LogP contribution is 2.22. The molecular weight excluding hydrogens is 279 g/mol. The molecule has 0 fully saturated rings. The Morgan fingerprint density at radius 2 is 1.71 bits per heavy atom. The Hall–Kier alpha value is -2.01. The molecule has 0 aliphatic heterocycles. The van der Waals surface area contributed by atoms with Crippen LogP contribution in [0, 0.1) is 17.5 Å². The van der Waals surface area contributed by atoms with E-state index < -0.39 is 17.7 Å². The van der Waals surface area contributed by atoms with Crippen molar-refractivity contribution in [3.05, 3.63) is 65.5 Å². The number of ether oxygens (including phenoxy) is 1. The molecule has 2 nitrogen and oxygen atoms in total. The Labute approximate surface area is 121 Å². The lowest BCUT2D eigenvalue weighted by Crippen LogP contribution is -2.27. The topological polar surface area (TPSA) is 21.3 Å². The molecule has 2 aromatic carbocycles. The number of hydrogen-bond donors (Lipinski definition) is 1. The van der Waals surface area contributed by atoms with Gasteiger partial charge in [0.2, 0.25) is 5.82 Å². The molecule has 0 spiro atoms. The van der Waals surface area contributed by atoms with Crippen molar-refractivity contribution in [2.75, 3.05) is 13.2 Å². The van der Waals surface area contributed by atoms with E-state index in [2.05, 4.69) is 5.32 Å². The van der Waals surface area contributed by atoms with E-state index in [1.165, 1.54) is 18.2 Å². The molecule has 21 heavy (non-hydrogen) atoms. The smallest absolute Gasteiger partial charge is 0.200 e. The summed E-state index contributed by atoms with van der Waals surface area (Å²) in [5, 5.41) is 3.06. The minimum atomic E-state index is -1.04. The number of nitrogens with one attached hydrogen (secondary N) is 1. The van der Waals surface area contributed by atoms with Gasteiger partial charge in [-0.05, 0) is 24.7 Å². The number of rotatable bonds is 6. The van der Waals surface area contributed by atoms with Crippen LogP contribution in [0.5, 0.6) is 5.75 Å². The van der Waals surface area contributed by atoms with Crippen LogP contribution in [0.3, 0.4) is 0 Å². The van der Waals surface area contributed by atoms with Crippen LogP contribution in [-0.2, 0) is 0 Å². The fraction of sp³-hybridized carbons (Fsp3) is 0.250. The van der Waals surface area contributed by atoms with Gasteiger partial charge in [0.05, 0.1) is 6.04 Å². The van der Waals surface area contributed by atoms with E-state index in [0.717, 1.165) is 6.07 Å². The molecule has 0 aromatic heterocycles. The van der Waals surface area contributed by atoms with E-state index in [9.17, 15) is 13.2 Å². The average Bonchev–Trinajstić information content (AvgIpc) is 2.48. The van der Waals surface area contributed by atoms with E-state index in [4.69, 9.17) is 4.74 Å². The maximum atomic E-state index is 13.8. The minimum absolute atomic E-state index is 0.00481. The van der Waals surface area contributed by atoms with Gasteiger partial charge in [0.15, 0.2) is 11.6 Å². The van der Waals surface area contributed by atoms with Crippen LogP contribution < -0.4 is 10.1 Å². The third-order valence-corrected chi connectivity index (χ3v) is 3.05. The second-order valence-corrected chi connectivity index (χ2v) is 4.49. The molecule has 0 saturated carbocycles. The molecule has 0 aliphatic rings. The van der Waals surface area contributed by atoms with E-state index in [0.29, 0.717) is 12.1 Å². The maximum Gasteiger partial charge on any atom is 0.200 e. The van der Waals surface area contributed by atoms with Gasteiger partial charge >= 0.3 is 0 Å². The van der Waals surface area contributed by atoms with Crippen molar-refractivity contribution in [3.63, 3.8) is 0 Å². The number of likely N-dealkylation sites (N-methyl/N-ethyl adjacent to an activating group) is 1. The second kappa shape index (κ2) is 7.13. The van der Waals surface area contributed by atoms with E-state index in [1.807, 2.05) is 6.92 Å². The molecule has 0 saturated heterocycles. The summed E-state index contributed by atoms with van der Waals surface area (Å²) in [5.41, 5.74) is 0.427.